The van der Waals surface area contributed by atoms with E-state index >= 15 is 0 Å². The topological polar surface area (TPSA) is 38.5 Å². The number of hydrogen-bond donors (Lipinski definition) is 1. The second kappa shape index (κ2) is 6.80. The molecule has 0 spiro atoms. The molecule has 0 radical (unpaired) electrons. The summed E-state index contributed by atoms with van der Waals surface area (Å²) in [5.41, 5.74) is 7.03. The number of methoxy groups -OCH3 is 1. The number of likely N-dealkylation sites (N-methyl/N-ethyl adjacent to an activating group) is 1. The molecule has 2 N–H and O–H groups in total. The highest BCUT2D eigenvalue weighted by molar-refractivity contribution is 9.10. The Bertz CT molecular complexity index is 554. The molecular weight excluding hydrogens is 360 g/mol. The molecule has 0 aliphatic rings. The summed E-state index contributed by atoms with van der Waals surface area (Å²) in [6.07, 6.45) is 0. The van der Waals surface area contributed by atoms with Crippen molar-refractivity contribution in [3.05, 3.63) is 44.0 Å². The fourth-order valence-electron chi connectivity index (χ4n) is 1.99. The SMILES string of the molecule is COc1ccc(N(C)C(CN)c2cc(Br)c(Cl)s2)cc1. The number of hydrogen-bond acceptors (Lipinski definition) is 4. The lowest BCUT2D eigenvalue weighted by Crippen LogP contribution is -2.29. The third-order valence-electron chi connectivity index (χ3n) is 3.16. The fourth-order valence-corrected chi connectivity index (χ4v) is 3.88. The fraction of sp³-hybridized carbons (Fsp3) is 0.286. The molecule has 1 unspecified atom stereocenters. The van der Waals surface area contributed by atoms with E-state index < -0.39 is 0 Å². The Labute approximate surface area is 136 Å². The quantitative estimate of drug-likeness (QED) is 0.846. The largest absolute Gasteiger partial charge is 0.497 e. The van der Waals surface area contributed by atoms with Gasteiger partial charge in [-0.3, -0.25) is 0 Å². The van der Waals surface area contributed by atoms with Gasteiger partial charge in [0.25, 0.3) is 0 Å². The van der Waals surface area contributed by atoms with Gasteiger partial charge in [-0.15, -0.1) is 11.3 Å². The van der Waals surface area contributed by atoms with Gasteiger partial charge in [-0.05, 0) is 46.3 Å². The Balaban J connectivity index is 2.25. The van der Waals surface area contributed by atoms with Gasteiger partial charge in [0.1, 0.15) is 10.1 Å². The third-order valence-corrected chi connectivity index (χ3v) is 5.74. The van der Waals surface area contributed by atoms with E-state index in [9.17, 15) is 0 Å². The summed E-state index contributed by atoms with van der Waals surface area (Å²) in [4.78, 5) is 3.29. The van der Waals surface area contributed by atoms with Crippen LogP contribution >= 0.6 is 38.9 Å². The molecule has 0 saturated heterocycles. The van der Waals surface area contributed by atoms with Gasteiger partial charge < -0.3 is 15.4 Å². The molecular formula is C14H16BrClN2OS. The van der Waals surface area contributed by atoms with E-state index in [0.29, 0.717) is 6.54 Å². The van der Waals surface area contributed by atoms with Crippen molar-refractivity contribution in [1.82, 2.24) is 0 Å². The zero-order valence-corrected chi connectivity index (χ0v) is 14.4. The van der Waals surface area contributed by atoms with Crippen LogP contribution in [-0.4, -0.2) is 20.7 Å². The van der Waals surface area contributed by atoms with Gasteiger partial charge in [0.2, 0.25) is 0 Å². The molecule has 0 aliphatic carbocycles. The van der Waals surface area contributed by atoms with E-state index in [1.165, 1.54) is 0 Å². The molecule has 108 valence electrons. The van der Waals surface area contributed by atoms with Gasteiger partial charge in [-0.2, -0.15) is 0 Å². The molecule has 6 heteroatoms. The molecule has 20 heavy (non-hydrogen) atoms. The second-order valence-electron chi connectivity index (χ2n) is 4.33. The smallest absolute Gasteiger partial charge is 0.119 e. The van der Waals surface area contributed by atoms with E-state index in [1.807, 2.05) is 37.4 Å². The van der Waals surface area contributed by atoms with E-state index in [-0.39, 0.29) is 6.04 Å². The highest BCUT2D eigenvalue weighted by atomic mass is 79.9. The number of benzene rings is 1. The molecule has 1 heterocycles. The Morgan fingerprint density at radius 2 is 2.05 bits per heavy atom. The zero-order valence-electron chi connectivity index (χ0n) is 11.3. The van der Waals surface area contributed by atoms with Crippen LogP contribution in [-0.2, 0) is 0 Å². The molecule has 2 aromatic rings. The second-order valence-corrected chi connectivity index (χ2v) is 6.87. The van der Waals surface area contributed by atoms with Gasteiger partial charge in [0, 0.05) is 28.6 Å². The lowest BCUT2D eigenvalue weighted by Gasteiger charge is -2.28. The monoisotopic (exact) mass is 374 g/mol. The van der Waals surface area contributed by atoms with Crippen molar-refractivity contribution in [1.29, 1.82) is 0 Å². The Morgan fingerprint density at radius 1 is 1.40 bits per heavy atom. The van der Waals surface area contributed by atoms with Crippen LogP contribution in [0.25, 0.3) is 0 Å². The molecule has 0 bridgehead atoms. The molecule has 2 rings (SSSR count). The van der Waals surface area contributed by atoms with Crippen LogP contribution in [0.2, 0.25) is 4.34 Å². The van der Waals surface area contributed by atoms with E-state index in [0.717, 1.165) is 25.1 Å². The number of halogens is 2. The maximum Gasteiger partial charge on any atom is 0.119 e. The minimum Gasteiger partial charge on any atom is -0.497 e. The van der Waals surface area contributed by atoms with Crippen LogP contribution in [0.4, 0.5) is 5.69 Å². The first kappa shape index (κ1) is 15.6. The zero-order chi connectivity index (χ0) is 14.7. The molecule has 0 saturated carbocycles. The van der Waals surface area contributed by atoms with Gasteiger partial charge in [-0.25, -0.2) is 0 Å². The maximum atomic E-state index is 6.12. The first-order valence-electron chi connectivity index (χ1n) is 6.08. The normalized spacial score (nSPS) is 12.2. The summed E-state index contributed by atoms with van der Waals surface area (Å²) in [5, 5.41) is 0. The van der Waals surface area contributed by atoms with Crippen molar-refractivity contribution in [3.8, 4) is 5.75 Å². The Hall–Kier alpha value is -0.750. The maximum absolute atomic E-state index is 6.12. The van der Waals surface area contributed by atoms with Crippen molar-refractivity contribution in [2.24, 2.45) is 5.73 Å². The number of rotatable bonds is 5. The average Bonchev–Trinajstić information content (AvgIpc) is 2.79. The van der Waals surface area contributed by atoms with Crippen molar-refractivity contribution < 1.29 is 4.74 Å². The van der Waals surface area contributed by atoms with Gasteiger partial charge in [0.15, 0.2) is 0 Å². The van der Waals surface area contributed by atoms with Crippen molar-refractivity contribution in [3.63, 3.8) is 0 Å². The molecule has 1 atom stereocenters. The highest BCUT2D eigenvalue weighted by Gasteiger charge is 2.19. The first-order valence-corrected chi connectivity index (χ1v) is 8.07. The van der Waals surface area contributed by atoms with Gasteiger partial charge in [-0.1, -0.05) is 11.6 Å². The van der Waals surface area contributed by atoms with Crippen LogP contribution in [0.5, 0.6) is 5.75 Å². The molecule has 1 aromatic heterocycles. The van der Waals surface area contributed by atoms with Crippen molar-refractivity contribution >= 4 is 44.6 Å². The summed E-state index contributed by atoms with van der Waals surface area (Å²) < 4.78 is 6.84. The van der Waals surface area contributed by atoms with E-state index in [1.54, 1.807) is 18.4 Å². The summed E-state index contributed by atoms with van der Waals surface area (Å²) in [6, 6.07) is 10.0. The van der Waals surface area contributed by atoms with Crippen LogP contribution in [0.1, 0.15) is 10.9 Å². The minimum atomic E-state index is 0.0946. The molecule has 1 aromatic carbocycles. The first-order chi connectivity index (χ1) is 9.56. The standard InChI is InChI=1S/C14H16BrClN2OS/c1-18(9-3-5-10(19-2)6-4-9)12(8-17)13-7-11(15)14(16)20-13/h3-7,12H,8,17H2,1-2H3. The molecule has 0 fully saturated rings. The summed E-state index contributed by atoms with van der Waals surface area (Å²) in [5.74, 6) is 0.841. The average molecular weight is 376 g/mol. The summed E-state index contributed by atoms with van der Waals surface area (Å²) >= 11 is 11.1. The lowest BCUT2D eigenvalue weighted by atomic mass is 10.2. The summed E-state index contributed by atoms with van der Waals surface area (Å²) in [6.45, 7) is 0.520. The predicted molar refractivity (Wildman–Crippen MR) is 90.2 cm³/mol. The van der Waals surface area contributed by atoms with Crippen molar-refractivity contribution in [2.45, 2.75) is 6.04 Å². The highest BCUT2D eigenvalue weighted by Crippen LogP contribution is 2.37. The van der Waals surface area contributed by atoms with Crippen molar-refractivity contribution in [2.75, 3.05) is 25.6 Å². The van der Waals surface area contributed by atoms with Crippen LogP contribution < -0.4 is 15.4 Å². The number of nitrogens with two attached hydrogens (primary N) is 1. The third kappa shape index (κ3) is 3.28. The van der Waals surface area contributed by atoms with E-state index in [4.69, 9.17) is 22.1 Å². The lowest BCUT2D eigenvalue weighted by molar-refractivity contribution is 0.415. The number of ether oxygens (including phenoxy) is 1. The Kier molecular flexibility index (Phi) is 5.32. The predicted octanol–water partition coefficient (Wildman–Crippen LogP) is 4.31. The number of anilines is 1. The van der Waals surface area contributed by atoms with Crippen LogP contribution in [0.3, 0.4) is 0 Å². The van der Waals surface area contributed by atoms with Crippen LogP contribution in [0, 0.1) is 0 Å². The minimum absolute atomic E-state index is 0.0946. The number of nitrogens with zero attached hydrogens (tertiary/aromatic N) is 1. The Morgan fingerprint density at radius 3 is 2.50 bits per heavy atom. The summed E-state index contributed by atoms with van der Waals surface area (Å²) in [7, 11) is 3.69. The van der Waals surface area contributed by atoms with Gasteiger partial charge in [0.05, 0.1) is 13.2 Å². The molecule has 3 nitrogen and oxygen atoms in total. The molecule has 0 aliphatic heterocycles. The van der Waals surface area contributed by atoms with E-state index in [2.05, 4.69) is 20.8 Å². The number of thiophene rings is 1. The molecule has 0 amide bonds. The van der Waals surface area contributed by atoms with Crippen LogP contribution in [0.15, 0.2) is 34.8 Å². The van der Waals surface area contributed by atoms with Gasteiger partial charge >= 0.3 is 0 Å².